The molecule has 1 N–H and O–H groups in total. The summed E-state index contributed by atoms with van der Waals surface area (Å²) >= 11 is 0. The molecule has 3 heterocycles. The number of rotatable bonds is 2. The highest BCUT2D eigenvalue weighted by Crippen LogP contribution is 2.26. The minimum atomic E-state index is -2.58. The Balaban J connectivity index is 0.00000133. The van der Waals surface area contributed by atoms with Crippen molar-refractivity contribution >= 4 is 18.2 Å². The number of fused-ring (bicyclic) bond motifs is 1. The highest BCUT2D eigenvalue weighted by molar-refractivity contribution is 5.85. The summed E-state index contributed by atoms with van der Waals surface area (Å²) in [5.41, 5.74) is 0.538. The first-order valence-electron chi connectivity index (χ1n) is 5.95. The molecule has 1 aliphatic rings. The molecule has 0 aromatic carbocycles. The molecule has 1 unspecified atom stereocenters. The summed E-state index contributed by atoms with van der Waals surface area (Å²) in [5.74, 6) is 0.428. The van der Waals surface area contributed by atoms with Gasteiger partial charge in [0.25, 0.3) is 12.2 Å². The zero-order valence-electron chi connectivity index (χ0n) is 10.1. The van der Waals surface area contributed by atoms with Crippen molar-refractivity contribution < 1.29 is 8.78 Å². The predicted molar refractivity (Wildman–Crippen MR) is 67.8 cm³/mol. The van der Waals surface area contributed by atoms with Crippen LogP contribution in [-0.2, 0) is 0 Å². The van der Waals surface area contributed by atoms with Gasteiger partial charge in [0.2, 0.25) is 0 Å². The molecular formula is C11H14ClF2N5. The second kappa shape index (κ2) is 5.75. The fourth-order valence-electron chi connectivity index (χ4n) is 2.36. The van der Waals surface area contributed by atoms with E-state index in [1.165, 1.54) is 12.4 Å². The van der Waals surface area contributed by atoms with Crippen LogP contribution in [0.25, 0.3) is 5.78 Å². The molecule has 104 valence electrons. The van der Waals surface area contributed by atoms with E-state index in [1.807, 2.05) is 0 Å². The Kier molecular flexibility index (Phi) is 4.26. The van der Waals surface area contributed by atoms with Gasteiger partial charge in [0.15, 0.2) is 0 Å². The SMILES string of the molecule is Cl.FC(F)c1cc(C2CCCNC2)n2ncnc2n1. The highest BCUT2D eigenvalue weighted by Gasteiger charge is 2.22. The van der Waals surface area contributed by atoms with E-state index in [4.69, 9.17) is 0 Å². The van der Waals surface area contributed by atoms with Crippen LogP contribution in [0, 0.1) is 0 Å². The average Bonchev–Trinajstić information content (AvgIpc) is 2.86. The molecule has 1 atom stereocenters. The van der Waals surface area contributed by atoms with Crippen LogP contribution in [0.2, 0.25) is 0 Å². The van der Waals surface area contributed by atoms with Gasteiger partial charge in [-0.25, -0.2) is 18.3 Å². The second-order valence-corrected chi connectivity index (χ2v) is 4.42. The van der Waals surface area contributed by atoms with Gasteiger partial charge < -0.3 is 5.32 Å². The van der Waals surface area contributed by atoms with Crippen molar-refractivity contribution in [2.45, 2.75) is 25.2 Å². The lowest BCUT2D eigenvalue weighted by molar-refractivity contribution is 0.146. The van der Waals surface area contributed by atoms with Crippen LogP contribution in [0.15, 0.2) is 12.4 Å². The highest BCUT2D eigenvalue weighted by atomic mass is 35.5. The summed E-state index contributed by atoms with van der Waals surface area (Å²) in [7, 11) is 0. The summed E-state index contributed by atoms with van der Waals surface area (Å²) in [5, 5.41) is 7.33. The summed E-state index contributed by atoms with van der Waals surface area (Å²) in [6.45, 7) is 1.76. The van der Waals surface area contributed by atoms with E-state index >= 15 is 0 Å². The Morgan fingerprint density at radius 3 is 2.95 bits per heavy atom. The van der Waals surface area contributed by atoms with Crippen molar-refractivity contribution in [1.29, 1.82) is 0 Å². The molecule has 0 bridgehead atoms. The number of hydrogen-bond acceptors (Lipinski definition) is 4. The van der Waals surface area contributed by atoms with Crippen LogP contribution in [-0.4, -0.2) is 32.7 Å². The lowest BCUT2D eigenvalue weighted by Crippen LogP contribution is -2.29. The standard InChI is InChI=1S/C11H13F2N5.ClH/c12-10(13)8-4-9(7-2-1-3-14-5-7)18-11(17-8)15-6-16-18;/h4,6-7,10,14H,1-3,5H2;1H. The number of aromatic nitrogens is 4. The van der Waals surface area contributed by atoms with Crippen LogP contribution in [0.5, 0.6) is 0 Å². The van der Waals surface area contributed by atoms with Gasteiger partial charge in [-0.05, 0) is 25.5 Å². The van der Waals surface area contributed by atoms with Gasteiger partial charge in [-0.2, -0.15) is 10.1 Å². The third kappa shape index (κ3) is 2.66. The Morgan fingerprint density at radius 1 is 1.42 bits per heavy atom. The smallest absolute Gasteiger partial charge is 0.280 e. The Labute approximate surface area is 114 Å². The largest absolute Gasteiger partial charge is 0.316 e. The molecule has 2 aromatic heterocycles. The summed E-state index contributed by atoms with van der Waals surface area (Å²) in [4.78, 5) is 7.71. The molecule has 19 heavy (non-hydrogen) atoms. The third-order valence-electron chi connectivity index (χ3n) is 3.24. The molecule has 0 spiro atoms. The number of nitrogens with zero attached hydrogens (tertiary/aromatic N) is 4. The van der Waals surface area contributed by atoms with Crippen molar-refractivity contribution in [3.63, 3.8) is 0 Å². The Hall–Kier alpha value is -1.34. The maximum absolute atomic E-state index is 12.8. The minimum Gasteiger partial charge on any atom is -0.316 e. The van der Waals surface area contributed by atoms with E-state index < -0.39 is 6.43 Å². The third-order valence-corrected chi connectivity index (χ3v) is 3.24. The monoisotopic (exact) mass is 289 g/mol. The molecule has 1 aliphatic heterocycles. The number of hydrogen-bond donors (Lipinski definition) is 1. The summed E-state index contributed by atoms with van der Waals surface area (Å²) in [6.07, 6.45) is 0.765. The first kappa shape index (κ1) is 14.1. The van der Waals surface area contributed by atoms with Crippen molar-refractivity contribution in [3.05, 3.63) is 23.8 Å². The Bertz CT molecular complexity index is 553. The molecule has 1 saturated heterocycles. The van der Waals surface area contributed by atoms with E-state index in [1.54, 1.807) is 4.52 Å². The molecule has 0 amide bonds. The fraction of sp³-hybridized carbons (Fsp3) is 0.545. The summed E-state index contributed by atoms with van der Waals surface area (Å²) in [6, 6.07) is 1.45. The minimum absolute atomic E-state index is 0. The molecule has 8 heteroatoms. The van der Waals surface area contributed by atoms with Gasteiger partial charge in [-0.3, -0.25) is 0 Å². The van der Waals surface area contributed by atoms with Crippen molar-refractivity contribution in [1.82, 2.24) is 24.9 Å². The maximum atomic E-state index is 12.8. The van der Waals surface area contributed by atoms with Gasteiger partial charge in [-0.15, -0.1) is 12.4 Å². The first-order chi connectivity index (χ1) is 8.75. The Morgan fingerprint density at radius 2 is 2.26 bits per heavy atom. The van der Waals surface area contributed by atoms with Crippen LogP contribution >= 0.6 is 12.4 Å². The van der Waals surface area contributed by atoms with E-state index in [9.17, 15) is 8.78 Å². The van der Waals surface area contributed by atoms with E-state index in [-0.39, 0.29) is 29.8 Å². The molecule has 5 nitrogen and oxygen atoms in total. The predicted octanol–water partition coefficient (Wildman–Crippen LogP) is 1.95. The first-order valence-corrected chi connectivity index (χ1v) is 5.95. The van der Waals surface area contributed by atoms with E-state index in [0.717, 1.165) is 31.6 Å². The number of halogens is 3. The zero-order chi connectivity index (χ0) is 12.5. The van der Waals surface area contributed by atoms with Crippen LogP contribution in [0.3, 0.4) is 0 Å². The second-order valence-electron chi connectivity index (χ2n) is 4.42. The maximum Gasteiger partial charge on any atom is 0.280 e. The van der Waals surface area contributed by atoms with Crippen LogP contribution in [0.1, 0.15) is 36.6 Å². The topological polar surface area (TPSA) is 55.1 Å². The van der Waals surface area contributed by atoms with E-state index in [2.05, 4.69) is 20.4 Å². The normalized spacial score (nSPS) is 19.6. The zero-order valence-corrected chi connectivity index (χ0v) is 10.9. The van der Waals surface area contributed by atoms with Crippen molar-refractivity contribution in [3.8, 4) is 0 Å². The molecule has 0 radical (unpaired) electrons. The van der Waals surface area contributed by atoms with Gasteiger partial charge in [0, 0.05) is 12.5 Å². The fourth-order valence-corrected chi connectivity index (χ4v) is 2.36. The average molecular weight is 290 g/mol. The van der Waals surface area contributed by atoms with Crippen LogP contribution in [0.4, 0.5) is 8.78 Å². The quantitative estimate of drug-likeness (QED) is 0.918. The molecule has 2 aromatic rings. The molecule has 0 saturated carbocycles. The molecule has 3 rings (SSSR count). The van der Waals surface area contributed by atoms with Gasteiger partial charge in [0.1, 0.15) is 12.0 Å². The number of piperidine rings is 1. The van der Waals surface area contributed by atoms with Gasteiger partial charge in [-0.1, -0.05) is 0 Å². The van der Waals surface area contributed by atoms with Crippen LogP contribution < -0.4 is 5.32 Å². The lowest BCUT2D eigenvalue weighted by Gasteiger charge is -2.23. The molecule has 0 aliphatic carbocycles. The van der Waals surface area contributed by atoms with Gasteiger partial charge >= 0.3 is 0 Å². The van der Waals surface area contributed by atoms with Crippen molar-refractivity contribution in [2.24, 2.45) is 0 Å². The van der Waals surface area contributed by atoms with Gasteiger partial charge in [0.05, 0.1) is 5.69 Å². The lowest BCUT2D eigenvalue weighted by atomic mass is 9.95. The summed E-state index contributed by atoms with van der Waals surface area (Å²) < 4.78 is 27.2. The van der Waals surface area contributed by atoms with E-state index in [0.29, 0.717) is 0 Å². The van der Waals surface area contributed by atoms with Crippen molar-refractivity contribution in [2.75, 3.05) is 13.1 Å². The number of nitrogens with one attached hydrogen (secondary N) is 1. The molecule has 1 fully saturated rings. The molecular weight excluding hydrogens is 276 g/mol. The number of alkyl halides is 2.